The van der Waals surface area contributed by atoms with E-state index >= 15 is 0 Å². The standard InChI is InChI=1S/C7H8N8O3/c1-2-3(13-17-12-2)7(16)11-10-5(8)4-6(9)15-18-14-4/h1H3,(H2,8,10)(H2,9,15)(H,11,16)/p+1. The SMILES string of the molecule is Cc1nonc1C(=O)N[NH+]=C(N)c1nonc1N. The second-order valence-electron chi connectivity index (χ2n) is 3.19. The highest BCUT2D eigenvalue weighted by atomic mass is 16.6. The summed E-state index contributed by atoms with van der Waals surface area (Å²) in [5.74, 6) is -0.614. The Morgan fingerprint density at radius 3 is 2.44 bits per heavy atom. The molecule has 0 bridgehead atoms. The van der Waals surface area contributed by atoms with Crippen LogP contribution in [-0.4, -0.2) is 32.4 Å². The Morgan fingerprint density at radius 2 is 1.89 bits per heavy atom. The van der Waals surface area contributed by atoms with Gasteiger partial charge in [-0.15, -0.1) is 0 Å². The topological polar surface area (TPSA) is 173 Å². The van der Waals surface area contributed by atoms with E-state index in [9.17, 15) is 4.79 Å². The van der Waals surface area contributed by atoms with Crippen molar-refractivity contribution in [3.8, 4) is 0 Å². The van der Waals surface area contributed by atoms with Crippen molar-refractivity contribution >= 4 is 17.6 Å². The first-order valence-corrected chi connectivity index (χ1v) is 4.66. The van der Waals surface area contributed by atoms with Crippen LogP contribution in [0.3, 0.4) is 0 Å². The molecule has 6 N–H and O–H groups in total. The minimum atomic E-state index is -0.577. The fourth-order valence-electron chi connectivity index (χ4n) is 1.06. The van der Waals surface area contributed by atoms with Crippen LogP contribution in [0.15, 0.2) is 9.26 Å². The van der Waals surface area contributed by atoms with Gasteiger partial charge in [0.25, 0.3) is 0 Å². The Labute approximate surface area is 99.1 Å². The third-order valence-electron chi connectivity index (χ3n) is 1.95. The van der Waals surface area contributed by atoms with E-state index in [4.69, 9.17) is 11.5 Å². The van der Waals surface area contributed by atoms with Crippen molar-refractivity contribution in [1.82, 2.24) is 26.1 Å². The fourth-order valence-corrected chi connectivity index (χ4v) is 1.06. The number of hydrazine groups is 1. The number of nitrogens with one attached hydrogen (secondary N) is 2. The number of hydrogen-bond donors (Lipinski definition) is 4. The largest absolute Gasteiger partial charge is 0.379 e. The van der Waals surface area contributed by atoms with E-state index in [0.717, 1.165) is 0 Å². The molecule has 0 aliphatic rings. The molecule has 0 aromatic carbocycles. The number of carbonyl (C=O) groups is 1. The summed E-state index contributed by atoms with van der Waals surface area (Å²) in [6.45, 7) is 1.57. The molecular weight excluding hydrogens is 244 g/mol. The molecule has 0 spiro atoms. The second kappa shape index (κ2) is 4.48. The summed E-state index contributed by atoms with van der Waals surface area (Å²) in [6, 6.07) is 0. The molecule has 2 aromatic rings. The van der Waals surface area contributed by atoms with E-state index < -0.39 is 5.91 Å². The monoisotopic (exact) mass is 253 g/mol. The van der Waals surface area contributed by atoms with Gasteiger partial charge in [-0.05, 0) is 22.4 Å². The molecule has 11 nitrogen and oxygen atoms in total. The molecule has 0 aliphatic carbocycles. The number of aromatic nitrogens is 4. The molecule has 18 heavy (non-hydrogen) atoms. The van der Waals surface area contributed by atoms with Crippen molar-refractivity contribution in [3.63, 3.8) is 0 Å². The van der Waals surface area contributed by atoms with Crippen molar-refractivity contribution in [3.05, 3.63) is 17.1 Å². The lowest BCUT2D eigenvalue weighted by molar-refractivity contribution is -0.509. The van der Waals surface area contributed by atoms with E-state index in [1.807, 2.05) is 0 Å². The van der Waals surface area contributed by atoms with Crippen LogP contribution in [0.1, 0.15) is 21.9 Å². The Balaban J connectivity index is 2.10. The summed E-state index contributed by atoms with van der Waals surface area (Å²) in [4.78, 5) is 11.6. The smallest absolute Gasteiger partial charge is 0.322 e. The van der Waals surface area contributed by atoms with Crippen molar-refractivity contribution in [2.45, 2.75) is 6.92 Å². The van der Waals surface area contributed by atoms with E-state index in [-0.39, 0.29) is 23.0 Å². The summed E-state index contributed by atoms with van der Waals surface area (Å²) in [5, 5.41) is 16.0. The van der Waals surface area contributed by atoms with Gasteiger partial charge in [-0.25, -0.2) is 9.26 Å². The van der Waals surface area contributed by atoms with Crippen molar-refractivity contribution in [2.24, 2.45) is 5.73 Å². The van der Waals surface area contributed by atoms with Gasteiger partial charge in [0.05, 0.1) is 0 Å². The molecule has 11 heteroatoms. The number of nitrogens with two attached hydrogens (primary N) is 2. The minimum Gasteiger partial charge on any atom is -0.379 e. The molecule has 0 saturated heterocycles. The van der Waals surface area contributed by atoms with Gasteiger partial charge in [0.15, 0.2) is 5.69 Å². The number of anilines is 1. The van der Waals surface area contributed by atoms with E-state index in [1.165, 1.54) is 0 Å². The zero-order valence-corrected chi connectivity index (χ0v) is 9.17. The summed E-state index contributed by atoms with van der Waals surface area (Å²) in [5.41, 5.74) is 13.7. The van der Waals surface area contributed by atoms with Gasteiger partial charge in [0, 0.05) is 0 Å². The van der Waals surface area contributed by atoms with Crippen LogP contribution in [0.25, 0.3) is 0 Å². The highest BCUT2D eigenvalue weighted by molar-refractivity contribution is 5.96. The Kier molecular flexibility index (Phi) is 2.87. The molecule has 0 atom stereocenters. The number of aryl methyl sites for hydroxylation is 1. The van der Waals surface area contributed by atoms with Gasteiger partial charge in [-0.3, -0.25) is 10.5 Å². The van der Waals surface area contributed by atoms with Crippen LogP contribution < -0.4 is 22.0 Å². The van der Waals surface area contributed by atoms with Crippen LogP contribution in [-0.2, 0) is 0 Å². The van der Waals surface area contributed by atoms with E-state index in [0.29, 0.717) is 5.69 Å². The fraction of sp³-hybridized carbons (Fsp3) is 0.143. The lowest BCUT2D eigenvalue weighted by atomic mass is 10.3. The lowest BCUT2D eigenvalue weighted by Crippen LogP contribution is -2.86. The number of carbonyl (C=O) groups excluding carboxylic acids is 1. The molecule has 94 valence electrons. The maximum atomic E-state index is 11.6. The van der Waals surface area contributed by atoms with Crippen molar-refractivity contribution in [1.29, 1.82) is 0 Å². The molecule has 0 aliphatic heterocycles. The molecule has 0 saturated carbocycles. The van der Waals surface area contributed by atoms with Crippen LogP contribution in [0.4, 0.5) is 5.82 Å². The normalized spacial score (nSPS) is 11.5. The second-order valence-corrected chi connectivity index (χ2v) is 3.19. The molecule has 2 rings (SSSR count). The predicted molar refractivity (Wildman–Crippen MR) is 54.5 cm³/mol. The molecular formula is C7H9N8O3+. The zero-order valence-electron chi connectivity index (χ0n) is 9.17. The molecule has 2 heterocycles. The zero-order chi connectivity index (χ0) is 13.1. The molecule has 1 amide bonds. The first kappa shape index (κ1) is 11.5. The predicted octanol–water partition coefficient (Wildman–Crippen LogP) is -3.53. The highest BCUT2D eigenvalue weighted by Crippen LogP contribution is 2.00. The van der Waals surface area contributed by atoms with E-state index in [1.54, 1.807) is 6.92 Å². The third kappa shape index (κ3) is 2.09. The average Bonchev–Trinajstić information content (AvgIpc) is 2.94. The number of rotatable bonds is 3. The molecule has 0 unspecified atom stereocenters. The number of nitrogens with zero attached hydrogens (tertiary/aromatic N) is 4. The summed E-state index contributed by atoms with van der Waals surface area (Å²) < 4.78 is 8.73. The summed E-state index contributed by atoms with van der Waals surface area (Å²) >= 11 is 0. The van der Waals surface area contributed by atoms with Crippen molar-refractivity contribution < 1.29 is 19.2 Å². The molecule has 0 fully saturated rings. The summed E-state index contributed by atoms with van der Waals surface area (Å²) in [7, 11) is 0. The highest BCUT2D eigenvalue weighted by Gasteiger charge is 2.18. The number of nitrogen functional groups attached to an aromatic ring is 2. The van der Waals surface area contributed by atoms with Crippen LogP contribution in [0.5, 0.6) is 0 Å². The minimum absolute atomic E-state index is 0.00599. The number of hydrogen-bond acceptors (Lipinski definition) is 8. The van der Waals surface area contributed by atoms with Gasteiger partial charge >= 0.3 is 11.7 Å². The Bertz CT molecular complexity index is 599. The van der Waals surface area contributed by atoms with Crippen LogP contribution >= 0.6 is 0 Å². The number of amidine groups is 1. The summed E-state index contributed by atoms with van der Waals surface area (Å²) in [6.07, 6.45) is 0. The maximum Gasteiger partial charge on any atom is 0.322 e. The van der Waals surface area contributed by atoms with Crippen molar-refractivity contribution in [2.75, 3.05) is 5.73 Å². The Hall–Kier alpha value is -2.98. The van der Waals surface area contributed by atoms with Gasteiger partial charge in [0.1, 0.15) is 5.69 Å². The van der Waals surface area contributed by atoms with E-state index in [2.05, 4.69) is 40.4 Å². The van der Waals surface area contributed by atoms with Crippen LogP contribution in [0, 0.1) is 6.92 Å². The molecule has 0 radical (unpaired) electrons. The third-order valence-corrected chi connectivity index (χ3v) is 1.95. The first-order valence-electron chi connectivity index (χ1n) is 4.66. The van der Waals surface area contributed by atoms with Gasteiger partial charge in [0.2, 0.25) is 11.5 Å². The lowest BCUT2D eigenvalue weighted by Gasteiger charge is -1.94. The van der Waals surface area contributed by atoms with Gasteiger partial charge < -0.3 is 5.73 Å². The van der Waals surface area contributed by atoms with Gasteiger partial charge in [-0.1, -0.05) is 5.16 Å². The molecule has 2 aromatic heterocycles. The average molecular weight is 253 g/mol. The Morgan fingerprint density at radius 1 is 1.22 bits per heavy atom. The number of hydrazone groups is 1. The number of amides is 1. The van der Waals surface area contributed by atoms with Gasteiger partial charge in [-0.2, -0.15) is 10.5 Å². The quantitative estimate of drug-likeness (QED) is 0.245. The maximum absolute atomic E-state index is 11.6. The van der Waals surface area contributed by atoms with Crippen LogP contribution in [0.2, 0.25) is 0 Å². The first-order chi connectivity index (χ1) is 8.59.